The molecule has 0 aliphatic carbocycles. The number of nitrogens with one attached hydrogen (secondary N) is 1. The fourth-order valence-electron chi connectivity index (χ4n) is 1.32. The highest BCUT2D eigenvalue weighted by molar-refractivity contribution is 7.80. The van der Waals surface area contributed by atoms with Crippen molar-refractivity contribution in [3.8, 4) is 0 Å². The van der Waals surface area contributed by atoms with Gasteiger partial charge in [-0.05, 0) is 39.9 Å². The van der Waals surface area contributed by atoms with Crippen molar-refractivity contribution < 1.29 is 4.74 Å². The second kappa shape index (κ2) is 7.01. The van der Waals surface area contributed by atoms with Crippen molar-refractivity contribution in [2.24, 2.45) is 0 Å². The largest absolute Gasteiger partial charge is 0.383 e. The highest BCUT2D eigenvalue weighted by Crippen LogP contribution is 2.00. The summed E-state index contributed by atoms with van der Waals surface area (Å²) in [5.41, 5.74) is 0. The summed E-state index contributed by atoms with van der Waals surface area (Å²) in [6.07, 6.45) is 0. The number of ether oxygens (including phenoxy) is 1. The molecule has 0 rings (SSSR count). The Labute approximate surface area is 92.8 Å². The van der Waals surface area contributed by atoms with E-state index in [9.17, 15) is 0 Å². The van der Waals surface area contributed by atoms with E-state index in [1.54, 1.807) is 7.11 Å². The molecule has 14 heavy (non-hydrogen) atoms. The van der Waals surface area contributed by atoms with Crippen LogP contribution in [0.25, 0.3) is 0 Å². The third kappa shape index (κ3) is 4.77. The van der Waals surface area contributed by atoms with E-state index in [4.69, 9.17) is 17.0 Å². The van der Waals surface area contributed by atoms with E-state index in [0.29, 0.717) is 18.7 Å². The van der Waals surface area contributed by atoms with Gasteiger partial charge in [-0.2, -0.15) is 0 Å². The van der Waals surface area contributed by atoms with Gasteiger partial charge in [0.25, 0.3) is 0 Å². The van der Waals surface area contributed by atoms with Crippen molar-refractivity contribution >= 4 is 17.3 Å². The number of rotatable bonds is 5. The van der Waals surface area contributed by atoms with E-state index in [1.165, 1.54) is 0 Å². The van der Waals surface area contributed by atoms with Gasteiger partial charge in [0.2, 0.25) is 0 Å². The normalized spacial score (nSPS) is 12.7. The lowest BCUT2D eigenvalue weighted by molar-refractivity contribution is 0.137. The van der Waals surface area contributed by atoms with E-state index in [1.807, 2.05) is 0 Å². The van der Waals surface area contributed by atoms with Gasteiger partial charge in [-0.25, -0.2) is 0 Å². The zero-order valence-electron chi connectivity index (χ0n) is 9.83. The summed E-state index contributed by atoms with van der Waals surface area (Å²) in [4.78, 5) is 2.14. The van der Waals surface area contributed by atoms with E-state index in [-0.39, 0.29) is 0 Å². The SMILES string of the molecule is CCN(C(=S)NC(C)C)C(C)COC. The molecular formula is C10H22N2OS. The number of hydrogen-bond acceptors (Lipinski definition) is 2. The lowest BCUT2D eigenvalue weighted by Crippen LogP contribution is -2.48. The van der Waals surface area contributed by atoms with E-state index in [0.717, 1.165) is 11.7 Å². The van der Waals surface area contributed by atoms with Crippen LogP contribution in [0.15, 0.2) is 0 Å². The lowest BCUT2D eigenvalue weighted by atomic mass is 10.3. The molecule has 0 heterocycles. The summed E-state index contributed by atoms with van der Waals surface area (Å²) in [5.74, 6) is 0. The fourth-order valence-corrected chi connectivity index (χ4v) is 1.86. The average Bonchev–Trinajstić information content (AvgIpc) is 2.04. The van der Waals surface area contributed by atoms with Crippen LogP contribution < -0.4 is 5.32 Å². The van der Waals surface area contributed by atoms with Crippen LogP contribution in [0.4, 0.5) is 0 Å². The smallest absolute Gasteiger partial charge is 0.169 e. The Balaban J connectivity index is 4.17. The average molecular weight is 218 g/mol. The first-order chi connectivity index (χ1) is 6.52. The monoisotopic (exact) mass is 218 g/mol. The number of methoxy groups -OCH3 is 1. The summed E-state index contributed by atoms with van der Waals surface area (Å²) in [6.45, 7) is 9.99. The minimum atomic E-state index is 0.323. The molecule has 1 atom stereocenters. The molecule has 4 heteroatoms. The molecule has 0 aliphatic rings. The van der Waals surface area contributed by atoms with Crippen molar-refractivity contribution in [3.63, 3.8) is 0 Å². The van der Waals surface area contributed by atoms with Crippen molar-refractivity contribution in [3.05, 3.63) is 0 Å². The van der Waals surface area contributed by atoms with Gasteiger partial charge in [-0.3, -0.25) is 0 Å². The van der Waals surface area contributed by atoms with Crippen molar-refractivity contribution in [2.45, 2.75) is 39.8 Å². The maximum Gasteiger partial charge on any atom is 0.169 e. The predicted octanol–water partition coefficient (Wildman–Crippen LogP) is 1.63. The molecule has 0 aromatic heterocycles. The number of likely N-dealkylation sites (N-methyl/N-ethyl adjacent to an activating group) is 1. The molecule has 1 unspecified atom stereocenters. The zero-order valence-corrected chi connectivity index (χ0v) is 10.6. The number of thiocarbonyl (C=S) groups is 1. The lowest BCUT2D eigenvalue weighted by Gasteiger charge is -2.31. The van der Waals surface area contributed by atoms with Crippen LogP contribution in [0, 0.1) is 0 Å². The van der Waals surface area contributed by atoms with Gasteiger partial charge in [-0.15, -0.1) is 0 Å². The van der Waals surface area contributed by atoms with Crippen LogP contribution in [0.5, 0.6) is 0 Å². The number of nitrogens with zero attached hydrogens (tertiary/aromatic N) is 1. The van der Waals surface area contributed by atoms with Crippen LogP contribution >= 0.6 is 12.2 Å². The Bertz CT molecular complexity index is 174. The molecule has 0 radical (unpaired) electrons. The van der Waals surface area contributed by atoms with Crippen LogP contribution in [0.3, 0.4) is 0 Å². The summed E-state index contributed by atoms with van der Waals surface area (Å²) in [6, 6.07) is 0.704. The Kier molecular flexibility index (Phi) is 6.83. The maximum absolute atomic E-state index is 5.30. The minimum Gasteiger partial charge on any atom is -0.383 e. The van der Waals surface area contributed by atoms with Crippen LogP contribution in [0.1, 0.15) is 27.7 Å². The minimum absolute atomic E-state index is 0.323. The second-order valence-corrected chi connectivity index (χ2v) is 4.08. The third-order valence-corrected chi connectivity index (χ3v) is 2.31. The second-order valence-electron chi connectivity index (χ2n) is 3.69. The highest BCUT2D eigenvalue weighted by atomic mass is 32.1. The molecule has 0 saturated carbocycles. The quantitative estimate of drug-likeness (QED) is 0.709. The standard InChI is InChI=1S/C10H22N2OS/c1-6-12(9(4)7-13-5)10(14)11-8(2)3/h8-9H,6-7H2,1-5H3,(H,11,14). The van der Waals surface area contributed by atoms with E-state index < -0.39 is 0 Å². The molecule has 0 aromatic rings. The summed E-state index contributed by atoms with van der Waals surface area (Å²) in [5, 5.41) is 4.05. The Morgan fingerprint density at radius 3 is 2.36 bits per heavy atom. The topological polar surface area (TPSA) is 24.5 Å². The Morgan fingerprint density at radius 1 is 1.43 bits per heavy atom. The van der Waals surface area contributed by atoms with Gasteiger partial charge in [0.1, 0.15) is 0 Å². The Hall–Kier alpha value is -0.350. The first-order valence-electron chi connectivity index (χ1n) is 5.09. The molecule has 3 nitrogen and oxygen atoms in total. The van der Waals surface area contributed by atoms with Crippen molar-refractivity contribution in [1.29, 1.82) is 0 Å². The predicted molar refractivity (Wildman–Crippen MR) is 64.6 cm³/mol. The molecule has 1 N–H and O–H groups in total. The van der Waals surface area contributed by atoms with E-state index >= 15 is 0 Å². The maximum atomic E-state index is 5.30. The summed E-state index contributed by atoms with van der Waals surface area (Å²) >= 11 is 5.30. The van der Waals surface area contributed by atoms with Crippen LogP contribution in [-0.2, 0) is 4.74 Å². The van der Waals surface area contributed by atoms with Gasteiger partial charge in [0, 0.05) is 19.7 Å². The van der Waals surface area contributed by atoms with Crippen LogP contribution in [0.2, 0.25) is 0 Å². The third-order valence-electron chi connectivity index (χ3n) is 1.95. The molecule has 0 amide bonds. The molecule has 0 fully saturated rings. The molecule has 0 aromatic carbocycles. The molecule has 0 bridgehead atoms. The molecule has 0 spiro atoms. The van der Waals surface area contributed by atoms with Gasteiger partial charge < -0.3 is 15.0 Å². The van der Waals surface area contributed by atoms with Gasteiger partial charge >= 0.3 is 0 Å². The van der Waals surface area contributed by atoms with Crippen molar-refractivity contribution in [1.82, 2.24) is 10.2 Å². The zero-order chi connectivity index (χ0) is 11.1. The molecule has 0 aliphatic heterocycles. The Morgan fingerprint density at radius 2 is 2.00 bits per heavy atom. The molecule has 0 saturated heterocycles. The first kappa shape index (κ1) is 13.7. The van der Waals surface area contributed by atoms with Crippen LogP contribution in [-0.4, -0.2) is 42.4 Å². The van der Waals surface area contributed by atoms with Gasteiger partial charge in [0.15, 0.2) is 5.11 Å². The summed E-state index contributed by atoms with van der Waals surface area (Å²) in [7, 11) is 1.71. The molecular weight excluding hydrogens is 196 g/mol. The van der Waals surface area contributed by atoms with Crippen molar-refractivity contribution in [2.75, 3.05) is 20.3 Å². The van der Waals surface area contributed by atoms with E-state index in [2.05, 4.69) is 37.9 Å². The summed E-state index contributed by atoms with van der Waals surface area (Å²) < 4.78 is 5.11. The first-order valence-corrected chi connectivity index (χ1v) is 5.49. The van der Waals surface area contributed by atoms with Gasteiger partial charge in [0.05, 0.1) is 12.6 Å². The highest BCUT2D eigenvalue weighted by Gasteiger charge is 2.15. The van der Waals surface area contributed by atoms with Gasteiger partial charge in [-0.1, -0.05) is 0 Å². The number of hydrogen-bond donors (Lipinski definition) is 1. The fraction of sp³-hybridized carbons (Fsp3) is 0.900. The molecule has 84 valence electrons.